The van der Waals surface area contributed by atoms with Gasteiger partial charge in [0.2, 0.25) is 11.9 Å². The minimum absolute atomic E-state index is 0. The molecule has 27 heavy (non-hydrogen) atoms. The summed E-state index contributed by atoms with van der Waals surface area (Å²) in [5.74, 6) is 1.18. The van der Waals surface area contributed by atoms with Crippen LogP contribution in [0.1, 0.15) is 16.7 Å². The van der Waals surface area contributed by atoms with E-state index in [4.69, 9.17) is 0 Å². The first kappa shape index (κ1) is 18.8. The number of sulfone groups is 1. The molecule has 0 amide bonds. The number of hydrogen-bond acceptors (Lipinski definition) is 7. The fraction of sp³-hybridized carbons (Fsp3) is 0.211. The van der Waals surface area contributed by atoms with Gasteiger partial charge < -0.3 is 10.6 Å². The maximum absolute atomic E-state index is 11.9. The normalized spacial score (nSPS) is 11.4. The molecular formula is C19H25N5O2S. The molecule has 0 radical (unpaired) electrons. The van der Waals surface area contributed by atoms with Gasteiger partial charge in [0.15, 0.2) is 15.7 Å². The number of nitrogens with one attached hydrogen (secondary N) is 2. The second-order valence-corrected chi connectivity index (χ2v) is 8.41. The summed E-state index contributed by atoms with van der Waals surface area (Å²) in [7, 11) is -3.32. The van der Waals surface area contributed by atoms with Crippen molar-refractivity contribution in [3.63, 3.8) is 0 Å². The van der Waals surface area contributed by atoms with E-state index in [1.165, 1.54) is 6.26 Å². The fourth-order valence-corrected chi connectivity index (χ4v) is 3.07. The van der Waals surface area contributed by atoms with Crippen LogP contribution in [0.25, 0.3) is 11.4 Å². The molecule has 144 valence electrons. The van der Waals surface area contributed by atoms with Gasteiger partial charge in [-0.3, -0.25) is 0 Å². The molecule has 2 N–H and O–H groups in total. The van der Waals surface area contributed by atoms with Crippen molar-refractivity contribution in [3.05, 3.63) is 54.6 Å². The first-order valence-corrected chi connectivity index (χ1v) is 10.4. The van der Waals surface area contributed by atoms with Crippen LogP contribution in [-0.4, -0.2) is 35.7 Å². The predicted octanol–water partition coefficient (Wildman–Crippen LogP) is 4.00. The maximum Gasteiger partial charge on any atom is 0.232 e. The molecule has 3 aromatic rings. The van der Waals surface area contributed by atoms with E-state index in [2.05, 4.69) is 25.6 Å². The van der Waals surface area contributed by atoms with Crippen molar-refractivity contribution in [1.82, 2.24) is 15.0 Å². The van der Waals surface area contributed by atoms with Crippen molar-refractivity contribution in [1.29, 1.82) is 0 Å². The Morgan fingerprint density at radius 3 is 2.30 bits per heavy atom. The third kappa shape index (κ3) is 5.01. The van der Waals surface area contributed by atoms with Gasteiger partial charge in [0, 0.05) is 26.4 Å². The van der Waals surface area contributed by atoms with Gasteiger partial charge in [-0.2, -0.15) is 15.0 Å². The third-order valence-electron chi connectivity index (χ3n) is 3.60. The summed E-state index contributed by atoms with van der Waals surface area (Å²) < 4.78 is 23.7. The predicted molar refractivity (Wildman–Crippen MR) is 111 cm³/mol. The van der Waals surface area contributed by atoms with E-state index in [9.17, 15) is 8.42 Å². The lowest BCUT2D eigenvalue weighted by molar-refractivity contribution is 0.602. The molecule has 1 aromatic heterocycles. The topological polar surface area (TPSA) is 96.9 Å². The molecule has 8 heteroatoms. The fourth-order valence-electron chi connectivity index (χ4n) is 2.40. The lowest BCUT2D eigenvalue weighted by Gasteiger charge is -2.12. The molecule has 0 saturated heterocycles. The van der Waals surface area contributed by atoms with E-state index in [1.54, 1.807) is 24.3 Å². The minimum atomic E-state index is -3.32. The summed E-state index contributed by atoms with van der Waals surface area (Å²) in [5.41, 5.74) is 1.44. The van der Waals surface area contributed by atoms with Gasteiger partial charge in [-0.1, -0.05) is 30.3 Å². The summed E-state index contributed by atoms with van der Waals surface area (Å²) in [5, 5.41) is 6.32. The second kappa shape index (κ2) is 7.71. The molecule has 0 bridgehead atoms. The monoisotopic (exact) mass is 387 g/mol. The smallest absolute Gasteiger partial charge is 0.232 e. The van der Waals surface area contributed by atoms with Crippen LogP contribution in [0, 0.1) is 0 Å². The van der Waals surface area contributed by atoms with Crippen LogP contribution in [0.2, 0.25) is 0 Å². The lowest BCUT2D eigenvalue weighted by atomic mass is 10.2. The van der Waals surface area contributed by atoms with Gasteiger partial charge in [0.05, 0.1) is 4.90 Å². The average Bonchev–Trinajstić information content (AvgIpc) is 2.61. The molecule has 7 nitrogen and oxygen atoms in total. The molecule has 0 saturated carbocycles. The highest BCUT2D eigenvalue weighted by Crippen LogP contribution is 2.23. The second-order valence-electron chi connectivity index (χ2n) is 6.40. The Morgan fingerprint density at radius 1 is 0.926 bits per heavy atom. The van der Waals surface area contributed by atoms with Crippen LogP contribution < -0.4 is 10.6 Å². The Kier molecular flexibility index (Phi) is 5.36. The summed E-state index contributed by atoms with van der Waals surface area (Å²) in [4.78, 5) is 13.5. The highest BCUT2D eigenvalue weighted by Gasteiger charge is 2.13. The number of aromatic nitrogens is 3. The minimum Gasteiger partial charge on any atom is -0.352 e. The van der Waals surface area contributed by atoms with Crippen LogP contribution in [0.3, 0.4) is 0 Å². The van der Waals surface area contributed by atoms with Crippen molar-refractivity contribution in [3.8, 4) is 11.4 Å². The highest BCUT2D eigenvalue weighted by atomic mass is 32.2. The first-order valence-electron chi connectivity index (χ1n) is 8.46. The molecule has 3 rings (SSSR count). The van der Waals surface area contributed by atoms with E-state index >= 15 is 0 Å². The Morgan fingerprint density at radius 2 is 1.63 bits per heavy atom. The van der Waals surface area contributed by atoms with E-state index in [1.807, 2.05) is 44.2 Å². The van der Waals surface area contributed by atoms with E-state index < -0.39 is 9.84 Å². The Hall–Kier alpha value is -3.00. The van der Waals surface area contributed by atoms with Crippen molar-refractivity contribution < 1.29 is 11.3 Å². The van der Waals surface area contributed by atoms with E-state index in [0.717, 1.165) is 5.69 Å². The molecule has 0 aliphatic carbocycles. The van der Waals surface area contributed by atoms with Crippen LogP contribution in [0.4, 0.5) is 17.6 Å². The van der Waals surface area contributed by atoms with Gasteiger partial charge >= 0.3 is 0 Å². The van der Waals surface area contributed by atoms with Gasteiger partial charge in [0.1, 0.15) is 0 Å². The molecule has 0 aliphatic rings. The van der Waals surface area contributed by atoms with Crippen LogP contribution in [-0.2, 0) is 9.84 Å². The van der Waals surface area contributed by atoms with Crippen molar-refractivity contribution in [2.24, 2.45) is 0 Å². The largest absolute Gasteiger partial charge is 0.352 e. The SMILES string of the molecule is CC(C)Nc1nc(Nc2ccccc2)nc(-c2cccc(S(C)(=O)=O)c2)n1.[HH].[HH]. The lowest BCUT2D eigenvalue weighted by Crippen LogP contribution is -2.14. The van der Waals surface area contributed by atoms with Gasteiger partial charge in [-0.05, 0) is 38.1 Å². The molecule has 1 heterocycles. The molecular weight excluding hydrogens is 362 g/mol. The number of anilines is 3. The molecule has 0 atom stereocenters. The van der Waals surface area contributed by atoms with Crippen LogP contribution in [0.5, 0.6) is 0 Å². The van der Waals surface area contributed by atoms with Crippen LogP contribution in [0.15, 0.2) is 59.5 Å². The van der Waals surface area contributed by atoms with E-state index in [-0.39, 0.29) is 13.8 Å². The molecule has 2 aromatic carbocycles. The maximum atomic E-state index is 11.9. The summed E-state index contributed by atoms with van der Waals surface area (Å²) in [6.45, 7) is 3.97. The molecule has 0 aliphatic heterocycles. The van der Waals surface area contributed by atoms with E-state index in [0.29, 0.717) is 23.3 Å². The summed E-state index contributed by atoms with van der Waals surface area (Å²) in [6, 6.07) is 16.3. The quantitative estimate of drug-likeness (QED) is 0.660. The number of para-hydroxylation sites is 1. The van der Waals surface area contributed by atoms with Gasteiger partial charge in [-0.15, -0.1) is 0 Å². The standard InChI is InChI=1S/C19H21N5O2S.2H2/c1-13(2)20-18-22-17(14-8-7-11-16(12-14)27(3,25)26)23-19(24-18)21-15-9-5-4-6-10-15;;/h4-13H,1-3H3,(H2,20,21,22,23,24);2*1H. The number of benzene rings is 2. The number of rotatable bonds is 6. The van der Waals surface area contributed by atoms with Crippen LogP contribution >= 0.6 is 0 Å². The zero-order valence-electron chi connectivity index (χ0n) is 15.3. The van der Waals surface area contributed by atoms with Gasteiger partial charge in [0.25, 0.3) is 0 Å². The van der Waals surface area contributed by atoms with Crippen molar-refractivity contribution >= 4 is 27.4 Å². The Labute approximate surface area is 161 Å². The molecule has 0 unspecified atom stereocenters. The Balaban J connectivity index is 0.00000210. The summed E-state index contributed by atoms with van der Waals surface area (Å²) >= 11 is 0. The van der Waals surface area contributed by atoms with Crippen molar-refractivity contribution in [2.45, 2.75) is 24.8 Å². The zero-order chi connectivity index (χ0) is 19.4. The van der Waals surface area contributed by atoms with Crippen molar-refractivity contribution in [2.75, 3.05) is 16.9 Å². The molecule has 0 fully saturated rings. The zero-order valence-corrected chi connectivity index (χ0v) is 16.2. The third-order valence-corrected chi connectivity index (χ3v) is 4.71. The van der Waals surface area contributed by atoms with Gasteiger partial charge in [-0.25, -0.2) is 8.42 Å². The highest BCUT2D eigenvalue weighted by molar-refractivity contribution is 7.90. The molecule has 0 spiro atoms. The number of nitrogens with zero attached hydrogens (tertiary/aromatic N) is 3. The number of hydrogen-bond donors (Lipinski definition) is 2. The average molecular weight is 388 g/mol. The summed E-state index contributed by atoms with van der Waals surface area (Å²) in [6.07, 6.45) is 1.17. The Bertz CT molecular complexity index is 1050. The first-order chi connectivity index (χ1) is 12.8.